The summed E-state index contributed by atoms with van der Waals surface area (Å²) >= 11 is 6.12. The van der Waals surface area contributed by atoms with Gasteiger partial charge in [-0.3, -0.25) is 5.10 Å². The van der Waals surface area contributed by atoms with Gasteiger partial charge in [0.05, 0.1) is 5.69 Å². The van der Waals surface area contributed by atoms with Gasteiger partial charge in [0, 0.05) is 6.54 Å². The molecule has 0 atom stereocenters. The van der Waals surface area contributed by atoms with E-state index >= 15 is 0 Å². The fourth-order valence-electron chi connectivity index (χ4n) is 3.05. The molecular weight excluding hydrogens is 358 g/mol. The molecule has 0 saturated heterocycles. The standard InChI is InChI=1S/C21H20ClN5/c1-13(2)17-18-19(27-26-17)20(25-21(22)24-18)23-12-14-8-10-16(11-9-14)15-6-4-3-5-7-15/h3-11,13H,12H2,1-2H3,(H,26,27)(H,23,24,25). The van der Waals surface area contributed by atoms with Gasteiger partial charge >= 0.3 is 0 Å². The summed E-state index contributed by atoms with van der Waals surface area (Å²) in [6, 6.07) is 18.8. The van der Waals surface area contributed by atoms with Crippen molar-refractivity contribution in [3.05, 3.63) is 71.1 Å². The Morgan fingerprint density at radius 1 is 0.926 bits per heavy atom. The number of hydrogen-bond acceptors (Lipinski definition) is 4. The zero-order chi connectivity index (χ0) is 18.8. The number of nitrogens with one attached hydrogen (secondary N) is 2. The minimum atomic E-state index is 0.215. The maximum atomic E-state index is 6.12. The first-order valence-corrected chi connectivity index (χ1v) is 9.29. The Bertz CT molecular complexity index is 1060. The number of hydrogen-bond donors (Lipinski definition) is 2. The molecule has 0 radical (unpaired) electrons. The molecule has 0 aliphatic carbocycles. The second-order valence-electron chi connectivity index (χ2n) is 6.75. The van der Waals surface area contributed by atoms with Crippen LogP contribution >= 0.6 is 11.6 Å². The van der Waals surface area contributed by atoms with E-state index < -0.39 is 0 Å². The molecule has 0 bridgehead atoms. The van der Waals surface area contributed by atoms with E-state index in [1.165, 1.54) is 11.1 Å². The van der Waals surface area contributed by atoms with Crippen LogP contribution in [-0.2, 0) is 6.54 Å². The zero-order valence-electron chi connectivity index (χ0n) is 15.2. The highest BCUT2D eigenvalue weighted by Crippen LogP contribution is 2.27. The largest absolute Gasteiger partial charge is 0.364 e. The van der Waals surface area contributed by atoms with E-state index in [0.717, 1.165) is 16.8 Å². The Morgan fingerprint density at radius 2 is 1.63 bits per heavy atom. The van der Waals surface area contributed by atoms with Crippen LogP contribution < -0.4 is 5.32 Å². The fraction of sp³-hybridized carbons (Fsp3) is 0.190. The van der Waals surface area contributed by atoms with Crippen LogP contribution in [0.3, 0.4) is 0 Å². The summed E-state index contributed by atoms with van der Waals surface area (Å²) in [6.07, 6.45) is 0. The summed E-state index contributed by atoms with van der Waals surface area (Å²) in [7, 11) is 0. The van der Waals surface area contributed by atoms with E-state index in [0.29, 0.717) is 17.9 Å². The summed E-state index contributed by atoms with van der Waals surface area (Å²) in [5.41, 5.74) is 6.00. The Morgan fingerprint density at radius 3 is 2.33 bits per heavy atom. The number of aromatic amines is 1. The molecule has 0 amide bonds. The first kappa shape index (κ1) is 17.5. The number of rotatable bonds is 5. The van der Waals surface area contributed by atoms with E-state index in [1.54, 1.807) is 0 Å². The van der Waals surface area contributed by atoms with Gasteiger partial charge in [0.25, 0.3) is 0 Å². The molecule has 4 rings (SSSR count). The summed E-state index contributed by atoms with van der Waals surface area (Å²) in [6.45, 7) is 4.80. The SMILES string of the molecule is CC(C)c1[nH]nc2c(NCc3ccc(-c4ccccc4)cc3)nc(Cl)nc12. The second kappa shape index (κ2) is 7.37. The number of fused-ring (bicyclic) bond motifs is 1. The van der Waals surface area contributed by atoms with Gasteiger partial charge in [-0.05, 0) is 34.2 Å². The van der Waals surface area contributed by atoms with Gasteiger partial charge in [-0.25, -0.2) is 4.98 Å². The topological polar surface area (TPSA) is 66.5 Å². The molecule has 5 nitrogen and oxygen atoms in total. The number of H-pyrrole nitrogens is 1. The quantitative estimate of drug-likeness (QED) is 0.456. The van der Waals surface area contributed by atoms with Gasteiger partial charge in [-0.15, -0.1) is 0 Å². The molecule has 0 unspecified atom stereocenters. The number of anilines is 1. The lowest BCUT2D eigenvalue weighted by atomic mass is 10.0. The highest BCUT2D eigenvalue weighted by molar-refractivity contribution is 6.28. The normalized spacial score (nSPS) is 11.3. The molecule has 2 heterocycles. The van der Waals surface area contributed by atoms with Gasteiger partial charge in [0.2, 0.25) is 5.28 Å². The van der Waals surface area contributed by atoms with E-state index in [2.05, 4.69) is 75.7 Å². The second-order valence-corrected chi connectivity index (χ2v) is 7.09. The molecule has 0 saturated carbocycles. The molecule has 136 valence electrons. The number of halogens is 1. The first-order valence-electron chi connectivity index (χ1n) is 8.91. The lowest BCUT2D eigenvalue weighted by Crippen LogP contribution is -2.03. The molecule has 2 aromatic heterocycles. The third kappa shape index (κ3) is 3.64. The van der Waals surface area contributed by atoms with Crippen LogP contribution in [0, 0.1) is 0 Å². The number of benzene rings is 2. The van der Waals surface area contributed by atoms with E-state index in [-0.39, 0.29) is 11.2 Å². The average Bonchev–Trinajstić information content (AvgIpc) is 3.11. The van der Waals surface area contributed by atoms with Crippen LogP contribution in [0.4, 0.5) is 5.82 Å². The van der Waals surface area contributed by atoms with Gasteiger partial charge in [-0.1, -0.05) is 68.4 Å². The monoisotopic (exact) mass is 377 g/mol. The predicted molar refractivity (Wildman–Crippen MR) is 110 cm³/mol. The molecule has 27 heavy (non-hydrogen) atoms. The molecule has 0 fully saturated rings. The summed E-state index contributed by atoms with van der Waals surface area (Å²) in [4.78, 5) is 8.65. The molecular formula is C21H20ClN5. The van der Waals surface area contributed by atoms with Crippen LogP contribution in [-0.4, -0.2) is 20.2 Å². The minimum absolute atomic E-state index is 0.215. The van der Waals surface area contributed by atoms with Gasteiger partial charge < -0.3 is 5.32 Å². The maximum Gasteiger partial charge on any atom is 0.225 e. The first-order chi connectivity index (χ1) is 13.1. The highest BCUT2D eigenvalue weighted by atomic mass is 35.5. The van der Waals surface area contributed by atoms with Crippen molar-refractivity contribution in [3.8, 4) is 11.1 Å². The molecule has 2 N–H and O–H groups in total. The summed E-state index contributed by atoms with van der Waals surface area (Å²) in [5, 5.41) is 11.0. The molecule has 0 aliphatic rings. The number of nitrogens with zero attached hydrogens (tertiary/aromatic N) is 3. The van der Waals surface area contributed by atoms with Crippen LogP contribution in [0.1, 0.15) is 31.0 Å². The van der Waals surface area contributed by atoms with Gasteiger partial charge in [0.15, 0.2) is 11.3 Å². The van der Waals surface area contributed by atoms with Crippen molar-refractivity contribution in [2.24, 2.45) is 0 Å². The molecule has 2 aromatic carbocycles. The maximum absolute atomic E-state index is 6.12. The predicted octanol–water partition coefficient (Wildman–Crippen LogP) is 5.41. The Labute approximate surface area is 162 Å². The van der Waals surface area contributed by atoms with E-state index in [1.807, 2.05) is 18.2 Å². The Balaban J connectivity index is 1.55. The van der Waals surface area contributed by atoms with Crippen molar-refractivity contribution in [1.29, 1.82) is 0 Å². The lowest BCUT2D eigenvalue weighted by Gasteiger charge is -2.08. The van der Waals surface area contributed by atoms with Crippen molar-refractivity contribution in [2.45, 2.75) is 26.3 Å². The van der Waals surface area contributed by atoms with E-state index in [9.17, 15) is 0 Å². The van der Waals surface area contributed by atoms with Crippen molar-refractivity contribution >= 4 is 28.5 Å². The van der Waals surface area contributed by atoms with Crippen molar-refractivity contribution in [3.63, 3.8) is 0 Å². The average molecular weight is 378 g/mol. The summed E-state index contributed by atoms with van der Waals surface area (Å²) < 4.78 is 0. The lowest BCUT2D eigenvalue weighted by molar-refractivity contribution is 0.815. The van der Waals surface area contributed by atoms with Crippen LogP contribution in [0.5, 0.6) is 0 Å². The van der Waals surface area contributed by atoms with Crippen LogP contribution in [0.25, 0.3) is 22.2 Å². The third-order valence-corrected chi connectivity index (χ3v) is 4.67. The molecule has 6 heteroatoms. The van der Waals surface area contributed by atoms with Gasteiger partial charge in [0.1, 0.15) is 5.52 Å². The van der Waals surface area contributed by atoms with Gasteiger partial charge in [-0.2, -0.15) is 10.1 Å². The Hall–Kier alpha value is -2.92. The molecule has 4 aromatic rings. The highest BCUT2D eigenvalue weighted by Gasteiger charge is 2.16. The van der Waals surface area contributed by atoms with E-state index in [4.69, 9.17) is 11.6 Å². The smallest absolute Gasteiger partial charge is 0.225 e. The number of aromatic nitrogens is 4. The fourth-order valence-corrected chi connectivity index (χ4v) is 3.22. The molecule has 0 aliphatic heterocycles. The molecule has 0 spiro atoms. The van der Waals surface area contributed by atoms with Crippen LogP contribution in [0.2, 0.25) is 5.28 Å². The zero-order valence-corrected chi connectivity index (χ0v) is 16.0. The third-order valence-electron chi connectivity index (χ3n) is 4.50. The Kier molecular flexibility index (Phi) is 4.77. The minimum Gasteiger partial charge on any atom is -0.364 e. The van der Waals surface area contributed by atoms with Crippen molar-refractivity contribution < 1.29 is 0 Å². The summed E-state index contributed by atoms with van der Waals surface area (Å²) in [5.74, 6) is 0.916. The van der Waals surface area contributed by atoms with Crippen molar-refractivity contribution in [2.75, 3.05) is 5.32 Å². The van der Waals surface area contributed by atoms with Crippen LogP contribution in [0.15, 0.2) is 54.6 Å². The van der Waals surface area contributed by atoms with Crippen molar-refractivity contribution in [1.82, 2.24) is 20.2 Å².